The van der Waals surface area contributed by atoms with Gasteiger partial charge < -0.3 is 19.6 Å². The van der Waals surface area contributed by atoms with Crippen molar-refractivity contribution < 1.29 is 14.6 Å². The topological polar surface area (TPSA) is 53.0 Å². The Bertz CT molecular complexity index is 948. The lowest BCUT2D eigenvalue weighted by Gasteiger charge is -2.38. The van der Waals surface area contributed by atoms with E-state index in [1.165, 1.54) is 0 Å². The van der Waals surface area contributed by atoms with E-state index >= 15 is 0 Å². The lowest BCUT2D eigenvalue weighted by atomic mass is 9.94. The number of halogens is 1. The van der Waals surface area contributed by atoms with E-state index in [1.807, 2.05) is 44.2 Å². The molecule has 5 nitrogen and oxygen atoms in total. The molecule has 2 aliphatic heterocycles. The lowest BCUT2D eigenvalue weighted by Crippen LogP contribution is -2.43. The number of piperidine rings is 2. The zero-order valence-corrected chi connectivity index (χ0v) is 19.8. The van der Waals surface area contributed by atoms with Crippen LogP contribution in [0.1, 0.15) is 47.2 Å². The monoisotopic (exact) mass is 456 g/mol. The molecule has 1 N–H and O–H groups in total. The van der Waals surface area contributed by atoms with Crippen molar-refractivity contribution in [3.05, 3.63) is 58.1 Å². The van der Waals surface area contributed by atoms with Gasteiger partial charge in [0.2, 0.25) is 0 Å². The maximum Gasteiger partial charge on any atom is 0.337 e. The Morgan fingerprint density at radius 3 is 2.41 bits per heavy atom. The fourth-order valence-corrected chi connectivity index (χ4v) is 5.03. The van der Waals surface area contributed by atoms with E-state index < -0.39 is 5.97 Å². The second-order valence-electron chi connectivity index (χ2n) is 9.28. The van der Waals surface area contributed by atoms with Gasteiger partial charge in [0.15, 0.2) is 0 Å². The third kappa shape index (κ3) is 5.57. The normalized spacial score (nSPS) is 18.7. The van der Waals surface area contributed by atoms with Crippen molar-refractivity contribution in [1.29, 1.82) is 0 Å². The Labute approximate surface area is 195 Å². The fraction of sp³-hybridized carbons (Fsp3) is 0.500. The molecular formula is C26H33ClN2O3. The third-order valence-electron chi connectivity index (χ3n) is 6.82. The molecule has 0 aromatic heterocycles. The Morgan fingerprint density at radius 2 is 1.75 bits per heavy atom. The van der Waals surface area contributed by atoms with Gasteiger partial charge in [-0.3, -0.25) is 0 Å². The summed E-state index contributed by atoms with van der Waals surface area (Å²) in [7, 11) is 0. The standard InChI is InChI=1S/C26H33ClN2O3/c1-18-3-6-25(23(15-18)26(30)31)29-13-7-20(8-14-29)17-28-11-9-21(10-12-28)32-22-4-5-24(27)19(2)16-22/h3-6,15-16,20-21H,7-14,17H2,1-2H3,(H,30,31). The van der Waals surface area contributed by atoms with Crippen LogP contribution >= 0.6 is 11.6 Å². The molecule has 32 heavy (non-hydrogen) atoms. The minimum Gasteiger partial charge on any atom is -0.490 e. The van der Waals surface area contributed by atoms with Gasteiger partial charge in [-0.15, -0.1) is 0 Å². The van der Waals surface area contributed by atoms with Crippen molar-refractivity contribution in [3.63, 3.8) is 0 Å². The van der Waals surface area contributed by atoms with Crippen LogP contribution in [-0.4, -0.2) is 54.8 Å². The van der Waals surface area contributed by atoms with Crippen LogP contribution in [0.3, 0.4) is 0 Å². The number of nitrogens with zero attached hydrogens (tertiary/aromatic N) is 2. The van der Waals surface area contributed by atoms with E-state index in [1.54, 1.807) is 6.07 Å². The first-order valence-electron chi connectivity index (χ1n) is 11.6. The second-order valence-corrected chi connectivity index (χ2v) is 9.69. The molecule has 0 atom stereocenters. The first kappa shape index (κ1) is 22.9. The molecule has 2 fully saturated rings. The SMILES string of the molecule is Cc1ccc(N2CCC(CN3CCC(Oc4ccc(Cl)c(C)c4)CC3)CC2)c(C(=O)O)c1. The summed E-state index contributed by atoms with van der Waals surface area (Å²) < 4.78 is 6.19. The molecule has 2 heterocycles. The summed E-state index contributed by atoms with van der Waals surface area (Å²) in [5, 5.41) is 10.4. The smallest absolute Gasteiger partial charge is 0.337 e. The number of carboxylic acid groups (broad SMARTS) is 1. The first-order valence-corrected chi connectivity index (χ1v) is 12.0. The van der Waals surface area contributed by atoms with Gasteiger partial charge in [-0.05, 0) is 81.3 Å². The Balaban J connectivity index is 1.23. The van der Waals surface area contributed by atoms with Gasteiger partial charge in [-0.1, -0.05) is 23.2 Å². The number of anilines is 1. The maximum absolute atomic E-state index is 11.7. The summed E-state index contributed by atoms with van der Waals surface area (Å²) in [5.74, 6) is 0.737. The van der Waals surface area contributed by atoms with Crippen LogP contribution in [0.5, 0.6) is 5.75 Å². The van der Waals surface area contributed by atoms with Gasteiger partial charge in [0, 0.05) is 37.7 Å². The minimum atomic E-state index is -0.843. The van der Waals surface area contributed by atoms with Crippen molar-refractivity contribution in [1.82, 2.24) is 4.90 Å². The molecule has 2 saturated heterocycles. The van der Waals surface area contributed by atoms with Crippen LogP contribution in [0.4, 0.5) is 5.69 Å². The number of hydrogen-bond acceptors (Lipinski definition) is 4. The van der Waals surface area contributed by atoms with Crippen molar-refractivity contribution >= 4 is 23.3 Å². The van der Waals surface area contributed by atoms with E-state index in [0.717, 1.165) is 86.0 Å². The molecule has 0 aliphatic carbocycles. The van der Waals surface area contributed by atoms with Gasteiger partial charge in [-0.2, -0.15) is 0 Å². The maximum atomic E-state index is 11.7. The van der Waals surface area contributed by atoms with Crippen molar-refractivity contribution in [3.8, 4) is 5.75 Å². The summed E-state index contributed by atoms with van der Waals surface area (Å²) in [6, 6.07) is 11.6. The summed E-state index contributed by atoms with van der Waals surface area (Å²) in [6.45, 7) is 9.04. The molecule has 0 radical (unpaired) electrons. The van der Waals surface area contributed by atoms with Crippen LogP contribution in [0, 0.1) is 19.8 Å². The molecular weight excluding hydrogens is 424 g/mol. The Morgan fingerprint density at radius 1 is 1.03 bits per heavy atom. The highest BCUT2D eigenvalue weighted by atomic mass is 35.5. The van der Waals surface area contributed by atoms with Gasteiger partial charge in [0.25, 0.3) is 0 Å². The van der Waals surface area contributed by atoms with Crippen LogP contribution < -0.4 is 9.64 Å². The Kier molecular flexibility index (Phi) is 7.27. The number of rotatable bonds is 6. The molecule has 6 heteroatoms. The number of benzene rings is 2. The van der Waals surface area contributed by atoms with Gasteiger partial charge in [0.05, 0.1) is 11.3 Å². The van der Waals surface area contributed by atoms with Crippen molar-refractivity contribution in [2.45, 2.75) is 45.6 Å². The zero-order chi connectivity index (χ0) is 22.7. The largest absolute Gasteiger partial charge is 0.490 e. The van der Waals surface area contributed by atoms with Gasteiger partial charge >= 0.3 is 5.97 Å². The molecule has 2 aromatic rings. The molecule has 0 saturated carbocycles. The number of ether oxygens (including phenoxy) is 1. The lowest BCUT2D eigenvalue weighted by molar-refractivity contribution is 0.0697. The van der Waals surface area contributed by atoms with Gasteiger partial charge in [-0.25, -0.2) is 4.79 Å². The van der Waals surface area contributed by atoms with Gasteiger partial charge in [0.1, 0.15) is 11.9 Å². The molecule has 0 unspecified atom stereocenters. The molecule has 2 aliphatic rings. The molecule has 172 valence electrons. The van der Waals surface area contributed by atoms with Crippen LogP contribution in [-0.2, 0) is 0 Å². The average Bonchev–Trinajstić information content (AvgIpc) is 2.78. The van der Waals surface area contributed by atoms with Crippen LogP contribution in [0.2, 0.25) is 5.02 Å². The third-order valence-corrected chi connectivity index (χ3v) is 7.24. The van der Waals surface area contributed by atoms with E-state index in [2.05, 4.69) is 9.80 Å². The minimum absolute atomic E-state index is 0.268. The highest BCUT2D eigenvalue weighted by Crippen LogP contribution is 2.29. The number of carbonyl (C=O) groups is 1. The highest BCUT2D eigenvalue weighted by molar-refractivity contribution is 6.31. The zero-order valence-electron chi connectivity index (χ0n) is 19.0. The number of hydrogen-bond donors (Lipinski definition) is 1. The number of carboxylic acids is 1. The second kappa shape index (κ2) is 10.1. The highest BCUT2D eigenvalue weighted by Gasteiger charge is 2.27. The molecule has 2 aromatic carbocycles. The van der Waals surface area contributed by atoms with Crippen LogP contribution in [0.25, 0.3) is 0 Å². The molecule has 0 bridgehead atoms. The quantitative estimate of drug-likeness (QED) is 0.629. The summed E-state index contributed by atoms with van der Waals surface area (Å²) in [4.78, 5) is 16.5. The average molecular weight is 457 g/mol. The summed E-state index contributed by atoms with van der Waals surface area (Å²) in [5.41, 5.74) is 3.31. The summed E-state index contributed by atoms with van der Waals surface area (Å²) in [6.07, 6.45) is 4.57. The molecule has 0 spiro atoms. The van der Waals surface area contributed by atoms with E-state index in [4.69, 9.17) is 16.3 Å². The summed E-state index contributed by atoms with van der Waals surface area (Å²) >= 11 is 6.12. The molecule has 0 amide bonds. The molecule has 4 rings (SSSR count). The van der Waals surface area contributed by atoms with E-state index in [-0.39, 0.29) is 6.10 Å². The number of aryl methyl sites for hydroxylation is 2. The van der Waals surface area contributed by atoms with Crippen molar-refractivity contribution in [2.24, 2.45) is 5.92 Å². The van der Waals surface area contributed by atoms with E-state index in [0.29, 0.717) is 11.5 Å². The first-order chi connectivity index (χ1) is 15.4. The van der Waals surface area contributed by atoms with Crippen LogP contribution in [0.15, 0.2) is 36.4 Å². The number of aromatic carboxylic acids is 1. The predicted octanol–water partition coefficient (Wildman–Crippen LogP) is 5.41. The predicted molar refractivity (Wildman–Crippen MR) is 129 cm³/mol. The van der Waals surface area contributed by atoms with Crippen molar-refractivity contribution in [2.75, 3.05) is 37.6 Å². The number of likely N-dealkylation sites (tertiary alicyclic amines) is 1. The van der Waals surface area contributed by atoms with E-state index in [9.17, 15) is 9.90 Å². The fourth-order valence-electron chi connectivity index (χ4n) is 4.91. The Hall–Kier alpha value is -2.24.